The van der Waals surface area contributed by atoms with E-state index in [1.165, 1.54) is 16.3 Å². The molecule has 0 saturated carbocycles. The van der Waals surface area contributed by atoms with Gasteiger partial charge in [-0.25, -0.2) is 0 Å². The van der Waals surface area contributed by atoms with Crippen LogP contribution in [0.25, 0.3) is 10.8 Å². The third kappa shape index (κ3) is 1.20. The molecule has 0 aliphatic rings. The van der Waals surface area contributed by atoms with E-state index in [9.17, 15) is 0 Å². The van der Waals surface area contributed by atoms with Crippen molar-refractivity contribution in [1.29, 1.82) is 0 Å². The van der Waals surface area contributed by atoms with Gasteiger partial charge in [0.25, 0.3) is 0 Å². The Morgan fingerprint density at radius 2 is 1.92 bits per heavy atom. The van der Waals surface area contributed by atoms with Crippen LogP contribution >= 0.6 is 0 Å². The minimum absolute atomic E-state index is 1.06. The van der Waals surface area contributed by atoms with Crippen molar-refractivity contribution >= 4 is 10.8 Å². The summed E-state index contributed by atoms with van der Waals surface area (Å²) in [5, 5.41) is 2.59. The van der Waals surface area contributed by atoms with Crippen LogP contribution in [0.3, 0.4) is 0 Å². The van der Waals surface area contributed by atoms with Gasteiger partial charge >= 0.3 is 0 Å². The summed E-state index contributed by atoms with van der Waals surface area (Å²) < 4.78 is 0. The number of aryl methyl sites for hydroxylation is 1. The largest absolute Gasteiger partial charge is 0.0616 e. The second-order valence-corrected chi connectivity index (χ2v) is 2.94. The summed E-state index contributed by atoms with van der Waals surface area (Å²) in [5.74, 6) is 0. The first kappa shape index (κ1) is 7.35. The summed E-state index contributed by atoms with van der Waals surface area (Å²) in [6.07, 6.45) is 1.06. The number of hydrogen-bond donors (Lipinski definition) is 0. The quantitative estimate of drug-likeness (QED) is 0.593. The van der Waals surface area contributed by atoms with Crippen LogP contribution in [0.1, 0.15) is 12.5 Å². The van der Waals surface area contributed by atoms with Gasteiger partial charge in [-0.1, -0.05) is 37.3 Å². The van der Waals surface area contributed by atoms with Gasteiger partial charge in [0, 0.05) is 0 Å². The van der Waals surface area contributed by atoms with Gasteiger partial charge < -0.3 is 0 Å². The van der Waals surface area contributed by atoms with Crippen LogP contribution in [0.5, 0.6) is 0 Å². The zero-order valence-electron chi connectivity index (χ0n) is 7.17. The zero-order chi connectivity index (χ0) is 8.39. The van der Waals surface area contributed by atoms with E-state index in [-0.39, 0.29) is 0 Å². The number of fused-ring (bicyclic) bond motifs is 1. The zero-order valence-corrected chi connectivity index (χ0v) is 7.17. The lowest BCUT2D eigenvalue weighted by atomic mass is 10.1. The number of rotatable bonds is 1. The third-order valence-corrected chi connectivity index (χ3v) is 2.12. The first-order chi connectivity index (χ1) is 5.90. The maximum atomic E-state index is 3.26. The predicted octanol–water partition coefficient (Wildman–Crippen LogP) is 3.20. The second-order valence-electron chi connectivity index (χ2n) is 2.94. The van der Waals surface area contributed by atoms with Crippen LogP contribution in [0.2, 0.25) is 0 Å². The van der Waals surface area contributed by atoms with Crippen molar-refractivity contribution in [3.63, 3.8) is 0 Å². The summed E-state index contributed by atoms with van der Waals surface area (Å²) in [6, 6.07) is 15.9. The van der Waals surface area contributed by atoms with E-state index >= 15 is 0 Å². The molecule has 0 aliphatic heterocycles. The van der Waals surface area contributed by atoms with Gasteiger partial charge in [-0.2, -0.15) is 0 Å². The normalized spacial score (nSPS) is 10.4. The lowest BCUT2D eigenvalue weighted by molar-refractivity contribution is 1.14. The Bertz CT molecular complexity index is 388. The van der Waals surface area contributed by atoms with Crippen molar-refractivity contribution in [3.8, 4) is 0 Å². The molecule has 0 atom stereocenters. The van der Waals surface area contributed by atoms with Crippen LogP contribution in [0.4, 0.5) is 0 Å². The number of benzene rings is 2. The molecule has 2 rings (SSSR count). The summed E-state index contributed by atoms with van der Waals surface area (Å²) >= 11 is 0. The maximum Gasteiger partial charge on any atom is -0.0143 e. The van der Waals surface area contributed by atoms with Crippen molar-refractivity contribution in [1.82, 2.24) is 0 Å². The molecule has 0 saturated heterocycles. The lowest BCUT2D eigenvalue weighted by Gasteiger charge is -1.98. The number of hydrogen-bond acceptors (Lipinski definition) is 0. The Kier molecular flexibility index (Phi) is 1.83. The van der Waals surface area contributed by atoms with Gasteiger partial charge in [-0.3, -0.25) is 0 Å². The Labute approximate surface area is 72.8 Å². The van der Waals surface area contributed by atoms with E-state index in [1.54, 1.807) is 0 Å². The fraction of sp³-hybridized carbons (Fsp3) is 0.167. The summed E-state index contributed by atoms with van der Waals surface area (Å²) in [7, 11) is 0. The topological polar surface area (TPSA) is 0 Å². The standard InChI is InChI=1S/C12H11/c1-2-10-7-8-11-5-3-4-6-12(11)9-10/h3-6,8-9H,2H2,1H3. The fourth-order valence-corrected chi connectivity index (χ4v) is 1.38. The van der Waals surface area contributed by atoms with Crippen LogP contribution < -0.4 is 0 Å². The maximum absolute atomic E-state index is 3.26. The average molecular weight is 155 g/mol. The third-order valence-electron chi connectivity index (χ3n) is 2.12. The van der Waals surface area contributed by atoms with E-state index in [0.29, 0.717) is 0 Å². The van der Waals surface area contributed by atoms with Crippen molar-refractivity contribution in [3.05, 3.63) is 48.0 Å². The molecule has 1 radical (unpaired) electrons. The highest BCUT2D eigenvalue weighted by Gasteiger charge is 1.92. The molecule has 0 nitrogen and oxygen atoms in total. The molecule has 0 aliphatic carbocycles. The Morgan fingerprint density at radius 1 is 1.17 bits per heavy atom. The van der Waals surface area contributed by atoms with Crippen LogP contribution in [-0.2, 0) is 6.42 Å². The van der Waals surface area contributed by atoms with Crippen LogP contribution in [0.15, 0.2) is 36.4 Å². The van der Waals surface area contributed by atoms with Crippen LogP contribution in [0, 0.1) is 6.07 Å². The van der Waals surface area contributed by atoms with Crippen molar-refractivity contribution in [2.24, 2.45) is 0 Å². The fourth-order valence-electron chi connectivity index (χ4n) is 1.38. The van der Waals surface area contributed by atoms with Crippen LogP contribution in [-0.4, -0.2) is 0 Å². The van der Waals surface area contributed by atoms with Gasteiger partial charge in [0.15, 0.2) is 0 Å². The summed E-state index contributed by atoms with van der Waals surface area (Å²) in [6.45, 7) is 2.15. The predicted molar refractivity (Wildman–Crippen MR) is 52.2 cm³/mol. The van der Waals surface area contributed by atoms with E-state index in [1.807, 2.05) is 0 Å². The van der Waals surface area contributed by atoms with Gasteiger partial charge in [0.2, 0.25) is 0 Å². The minimum atomic E-state index is 1.06. The van der Waals surface area contributed by atoms with E-state index < -0.39 is 0 Å². The average Bonchev–Trinajstić information content (AvgIpc) is 2.17. The van der Waals surface area contributed by atoms with Gasteiger partial charge in [0.1, 0.15) is 0 Å². The first-order valence-electron chi connectivity index (χ1n) is 4.29. The van der Waals surface area contributed by atoms with Crippen molar-refractivity contribution < 1.29 is 0 Å². The van der Waals surface area contributed by atoms with E-state index in [0.717, 1.165) is 6.42 Å². The summed E-state index contributed by atoms with van der Waals surface area (Å²) in [4.78, 5) is 0. The highest BCUT2D eigenvalue weighted by molar-refractivity contribution is 5.82. The minimum Gasteiger partial charge on any atom is -0.0616 e. The molecular weight excluding hydrogens is 144 g/mol. The molecule has 0 unspecified atom stereocenters. The highest BCUT2D eigenvalue weighted by atomic mass is 14.0. The molecule has 12 heavy (non-hydrogen) atoms. The Morgan fingerprint density at radius 3 is 2.67 bits per heavy atom. The van der Waals surface area contributed by atoms with Crippen molar-refractivity contribution in [2.45, 2.75) is 13.3 Å². The molecule has 2 aromatic carbocycles. The molecule has 0 aromatic heterocycles. The lowest BCUT2D eigenvalue weighted by Crippen LogP contribution is -1.79. The second kappa shape index (κ2) is 2.98. The Balaban J connectivity index is 2.67. The molecule has 0 amide bonds. The van der Waals surface area contributed by atoms with Crippen molar-refractivity contribution in [2.75, 3.05) is 0 Å². The summed E-state index contributed by atoms with van der Waals surface area (Å²) in [5.41, 5.74) is 1.29. The molecule has 0 heteroatoms. The molecule has 59 valence electrons. The van der Waals surface area contributed by atoms with E-state index in [4.69, 9.17) is 0 Å². The smallest absolute Gasteiger partial charge is 0.0143 e. The molecule has 0 spiro atoms. The van der Waals surface area contributed by atoms with Gasteiger partial charge in [-0.05, 0) is 34.9 Å². The molecule has 0 bridgehead atoms. The van der Waals surface area contributed by atoms with Gasteiger partial charge in [0.05, 0.1) is 0 Å². The highest BCUT2D eigenvalue weighted by Crippen LogP contribution is 2.14. The van der Waals surface area contributed by atoms with Gasteiger partial charge in [-0.15, -0.1) is 0 Å². The molecular formula is C12H11. The monoisotopic (exact) mass is 155 g/mol. The van der Waals surface area contributed by atoms with E-state index in [2.05, 4.69) is 49.4 Å². The molecule has 0 heterocycles. The molecule has 0 fully saturated rings. The SMILES string of the molecule is CCc1[c]cc2ccccc2c1. The molecule has 2 aromatic rings. The first-order valence-corrected chi connectivity index (χ1v) is 4.29. The molecule has 0 N–H and O–H groups in total. The Hall–Kier alpha value is -1.30.